The van der Waals surface area contributed by atoms with E-state index in [1.807, 2.05) is 0 Å². The molecule has 152 valence electrons. The smallest absolute Gasteiger partial charge is 0.305 e. The molecule has 1 aliphatic heterocycles. The second-order valence-electron chi connectivity index (χ2n) is 5.75. The van der Waals surface area contributed by atoms with Crippen LogP contribution in [0.3, 0.4) is 0 Å². The Morgan fingerprint density at radius 1 is 0.778 bits per heavy atom. The lowest BCUT2D eigenvalue weighted by Crippen LogP contribution is -2.53. The maximum Gasteiger partial charge on any atom is 0.305 e. The van der Waals surface area contributed by atoms with Crippen molar-refractivity contribution in [3.63, 3.8) is 0 Å². The molecule has 0 saturated carbocycles. The van der Waals surface area contributed by atoms with E-state index in [9.17, 15) is 24.0 Å². The van der Waals surface area contributed by atoms with E-state index in [2.05, 4.69) is 0 Å². The van der Waals surface area contributed by atoms with Gasteiger partial charge >= 0.3 is 29.8 Å². The molecule has 0 unspecified atom stereocenters. The number of rotatable bonds is 7. The summed E-state index contributed by atoms with van der Waals surface area (Å²) < 4.78 is 30.9. The van der Waals surface area contributed by atoms with Gasteiger partial charge in [0.1, 0.15) is 12.7 Å². The topological polar surface area (TPSA) is 141 Å². The van der Waals surface area contributed by atoms with Crippen LogP contribution in [0.15, 0.2) is 0 Å². The van der Waals surface area contributed by atoms with Crippen molar-refractivity contribution in [3.05, 3.63) is 0 Å². The van der Waals surface area contributed by atoms with Crippen LogP contribution >= 0.6 is 0 Å². The molecule has 0 N–H and O–H groups in total. The fraction of sp³-hybridized carbons (Fsp3) is 0.688. The monoisotopic (exact) mass is 390 g/mol. The van der Waals surface area contributed by atoms with Crippen LogP contribution in [0, 0.1) is 0 Å². The first kappa shape index (κ1) is 22.4. The Morgan fingerprint density at radius 3 is 1.78 bits per heavy atom. The maximum absolute atomic E-state index is 11.6. The van der Waals surface area contributed by atoms with Crippen LogP contribution in [0.1, 0.15) is 34.6 Å². The lowest BCUT2D eigenvalue weighted by atomic mass is 10.0. The minimum Gasteiger partial charge on any atom is -0.463 e. The quantitative estimate of drug-likeness (QED) is 0.415. The van der Waals surface area contributed by atoms with Crippen LogP contribution < -0.4 is 0 Å². The van der Waals surface area contributed by atoms with Crippen molar-refractivity contribution in [2.75, 3.05) is 13.2 Å². The van der Waals surface area contributed by atoms with Crippen molar-refractivity contribution in [1.29, 1.82) is 0 Å². The number of esters is 5. The lowest BCUT2D eigenvalue weighted by molar-refractivity contribution is -0.270. The third-order valence-electron chi connectivity index (χ3n) is 3.29. The minimum atomic E-state index is -2.09. The van der Waals surface area contributed by atoms with Crippen LogP contribution in [0.5, 0.6) is 0 Å². The van der Waals surface area contributed by atoms with Gasteiger partial charge in [0, 0.05) is 34.6 Å². The van der Waals surface area contributed by atoms with Gasteiger partial charge in [-0.25, -0.2) is 0 Å². The van der Waals surface area contributed by atoms with E-state index in [0.717, 1.165) is 34.6 Å². The largest absolute Gasteiger partial charge is 0.463 e. The number of carbonyl (C=O) groups excluding carboxylic acids is 5. The maximum atomic E-state index is 11.6. The Hall–Kier alpha value is -2.69. The summed E-state index contributed by atoms with van der Waals surface area (Å²) in [7, 11) is 0. The number of hydrogen-bond donors (Lipinski definition) is 0. The third-order valence-corrected chi connectivity index (χ3v) is 3.29. The molecule has 0 bridgehead atoms. The van der Waals surface area contributed by atoms with Crippen molar-refractivity contribution in [2.24, 2.45) is 0 Å². The summed E-state index contributed by atoms with van der Waals surface area (Å²) in [5, 5.41) is 0. The first-order chi connectivity index (χ1) is 12.5. The summed E-state index contributed by atoms with van der Waals surface area (Å²) in [4.78, 5) is 57.0. The average Bonchev–Trinajstić information content (AvgIpc) is 2.76. The van der Waals surface area contributed by atoms with Gasteiger partial charge in [0.05, 0.1) is 0 Å². The Morgan fingerprint density at radius 2 is 1.33 bits per heavy atom. The molecule has 0 amide bonds. The standard InChI is InChI=1S/C16H22O11/c1-8(17)22-6-13-14(24-10(3)19)15(25-11(4)20)16(27-13,26-12(5)21)7-23-9(2)18/h13-15H,6-7H2,1-5H3/t13-,14-,15+,16+/m0/s1. The second-order valence-corrected chi connectivity index (χ2v) is 5.75. The van der Waals surface area contributed by atoms with Gasteiger partial charge in [0.25, 0.3) is 5.79 Å². The van der Waals surface area contributed by atoms with Gasteiger partial charge in [-0.15, -0.1) is 0 Å². The van der Waals surface area contributed by atoms with Gasteiger partial charge in [0.2, 0.25) is 6.10 Å². The third kappa shape index (κ3) is 6.51. The summed E-state index contributed by atoms with van der Waals surface area (Å²) in [6.07, 6.45) is -3.92. The molecule has 11 heteroatoms. The molecule has 1 aliphatic rings. The predicted octanol–water partition coefficient (Wildman–Crippen LogP) is -0.366. The Kier molecular flexibility index (Phi) is 7.70. The fourth-order valence-corrected chi connectivity index (χ4v) is 2.50. The van der Waals surface area contributed by atoms with Crippen LogP contribution in [-0.2, 0) is 52.4 Å². The highest BCUT2D eigenvalue weighted by Gasteiger charge is 2.63. The zero-order valence-electron chi connectivity index (χ0n) is 15.6. The average molecular weight is 390 g/mol. The molecule has 1 fully saturated rings. The van der Waals surface area contributed by atoms with Crippen molar-refractivity contribution < 1.29 is 52.4 Å². The molecule has 0 aromatic heterocycles. The summed E-state index contributed by atoms with van der Waals surface area (Å²) in [6.45, 7) is 4.46. The zero-order chi connectivity index (χ0) is 20.8. The van der Waals surface area contributed by atoms with Crippen molar-refractivity contribution in [3.8, 4) is 0 Å². The SMILES string of the molecule is CC(=O)OC[C@@H]1O[C@@](COC(C)=O)(OC(C)=O)[C@H](OC(C)=O)[C@H]1OC(C)=O. The molecule has 0 aromatic rings. The number of ether oxygens (including phenoxy) is 6. The molecule has 1 rings (SSSR count). The van der Waals surface area contributed by atoms with E-state index >= 15 is 0 Å². The van der Waals surface area contributed by atoms with Crippen molar-refractivity contribution in [2.45, 2.75) is 58.7 Å². The van der Waals surface area contributed by atoms with Crippen LogP contribution in [0.2, 0.25) is 0 Å². The van der Waals surface area contributed by atoms with Crippen LogP contribution in [0.25, 0.3) is 0 Å². The molecular formula is C16H22O11. The molecular weight excluding hydrogens is 368 g/mol. The highest BCUT2D eigenvalue weighted by atomic mass is 16.8. The van der Waals surface area contributed by atoms with Crippen LogP contribution in [0.4, 0.5) is 0 Å². The predicted molar refractivity (Wildman–Crippen MR) is 83.7 cm³/mol. The highest BCUT2D eigenvalue weighted by Crippen LogP contribution is 2.37. The summed E-state index contributed by atoms with van der Waals surface area (Å²) >= 11 is 0. The normalized spacial score (nSPS) is 26.6. The lowest BCUT2D eigenvalue weighted by Gasteiger charge is -2.32. The van der Waals surface area contributed by atoms with Crippen LogP contribution in [-0.4, -0.2) is 67.2 Å². The molecule has 1 saturated heterocycles. The van der Waals surface area contributed by atoms with E-state index in [1.165, 1.54) is 0 Å². The van der Waals surface area contributed by atoms with Gasteiger partial charge in [-0.3, -0.25) is 24.0 Å². The number of hydrogen-bond acceptors (Lipinski definition) is 11. The molecule has 0 aliphatic carbocycles. The van der Waals surface area contributed by atoms with E-state index < -0.39 is 67.2 Å². The van der Waals surface area contributed by atoms with Crippen molar-refractivity contribution >= 4 is 29.8 Å². The van der Waals surface area contributed by atoms with E-state index in [1.54, 1.807) is 0 Å². The van der Waals surface area contributed by atoms with Gasteiger partial charge in [-0.2, -0.15) is 0 Å². The van der Waals surface area contributed by atoms with Gasteiger partial charge < -0.3 is 28.4 Å². The first-order valence-electron chi connectivity index (χ1n) is 7.95. The Labute approximate surface area is 155 Å². The van der Waals surface area contributed by atoms with Gasteiger partial charge in [0.15, 0.2) is 12.7 Å². The van der Waals surface area contributed by atoms with E-state index in [-0.39, 0.29) is 0 Å². The highest BCUT2D eigenvalue weighted by molar-refractivity contribution is 5.69. The van der Waals surface area contributed by atoms with Gasteiger partial charge in [-0.05, 0) is 0 Å². The molecule has 0 aromatic carbocycles. The van der Waals surface area contributed by atoms with E-state index in [0.29, 0.717) is 0 Å². The summed E-state index contributed by atoms with van der Waals surface area (Å²) in [6, 6.07) is 0. The minimum absolute atomic E-state index is 0.395. The first-order valence-corrected chi connectivity index (χ1v) is 7.95. The molecule has 1 heterocycles. The molecule has 0 radical (unpaired) electrons. The van der Waals surface area contributed by atoms with Crippen molar-refractivity contribution in [1.82, 2.24) is 0 Å². The Balaban J connectivity index is 3.32. The molecule has 11 nitrogen and oxygen atoms in total. The zero-order valence-corrected chi connectivity index (χ0v) is 15.6. The summed E-state index contributed by atoms with van der Waals surface area (Å²) in [5.41, 5.74) is 0. The van der Waals surface area contributed by atoms with E-state index in [4.69, 9.17) is 28.4 Å². The Bertz CT molecular complexity index is 613. The summed E-state index contributed by atoms with van der Waals surface area (Å²) in [5.74, 6) is -5.84. The van der Waals surface area contributed by atoms with Gasteiger partial charge in [-0.1, -0.05) is 0 Å². The molecule has 4 atom stereocenters. The second kappa shape index (κ2) is 9.31. The fourth-order valence-electron chi connectivity index (χ4n) is 2.50. The number of carbonyl (C=O) groups is 5. The molecule has 0 spiro atoms. The molecule has 27 heavy (non-hydrogen) atoms.